The Morgan fingerprint density at radius 1 is 0.658 bits per heavy atom. The number of aryl methyl sites for hydroxylation is 5. The van der Waals surface area contributed by atoms with Crippen molar-refractivity contribution in [3.8, 4) is 22.6 Å². The van der Waals surface area contributed by atoms with Crippen molar-refractivity contribution in [2.24, 2.45) is 0 Å². The summed E-state index contributed by atoms with van der Waals surface area (Å²) in [5.74, 6) is 3.40. The quantitative estimate of drug-likeness (QED) is 0.152. The van der Waals surface area contributed by atoms with Gasteiger partial charge in [-0.25, -0.2) is 0 Å². The van der Waals surface area contributed by atoms with Gasteiger partial charge in [0.05, 0.1) is 32.1 Å². The molecule has 38 heavy (non-hydrogen) atoms. The van der Waals surface area contributed by atoms with E-state index in [2.05, 4.69) is 48.4 Å². The third-order valence-electron chi connectivity index (χ3n) is 6.27. The molecule has 0 aliphatic heterocycles. The lowest BCUT2D eigenvalue weighted by molar-refractivity contribution is 0.103. The number of nitrogens with zero attached hydrogens (tertiary/aromatic N) is 2. The fourth-order valence-electron chi connectivity index (χ4n) is 4.28. The first-order valence-corrected chi connectivity index (χ1v) is 13.4. The van der Waals surface area contributed by atoms with Crippen LogP contribution in [-0.4, -0.2) is 30.1 Å². The third-order valence-corrected chi connectivity index (χ3v) is 6.27. The van der Waals surface area contributed by atoms with Crippen LogP contribution >= 0.6 is 0 Å². The largest absolute Gasteiger partial charge is 0.494 e. The molecule has 7 heteroatoms. The van der Waals surface area contributed by atoms with Crippen molar-refractivity contribution < 1.29 is 23.3 Å². The zero-order valence-corrected chi connectivity index (χ0v) is 22.9. The SMILES string of the molecule is Cc1ccc(OCCCOCc2cc(C)on2)c(-c2cc(OCCCCCc3cc(C)on3)ccc2C)c1. The van der Waals surface area contributed by atoms with Gasteiger partial charge in [-0.3, -0.25) is 0 Å². The van der Waals surface area contributed by atoms with Gasteiger partial charge in [-0.2, -0.15) is 0 Å². The molecule has 0 unspecified atom stereocenters. The Balaban J connectivity index is 1.27. The minimum absolute atomic E-state index is 0.445. The van der Waals surface area contributed by atoms with Crippen LogP contribution < -0.4 is 9.47 Å². The Hall–Kier alpha value is -3.58. The van der Waals surface area contributed by atoms with Gasteiger partial charge < -0.3 is 23.3 Å². The highest BCUT2D eigenvalue weighted by Gasteiger charge is 2.12. The van der Waals surface area contributed by atoms with E-state index in [1.807, 2.05) is 38.1 Å². The molecule has 7 nitrogen and oxygen atoms in total. The minimum atomic E-state index is 0.445. The van der Waals surface area contributed by atoms with Gasteiger partial charge in [0.15, 0.2) is 0 Å². The first kappa shape index (κ1) is 27.5. The fourth-order valence-corrected chi connectivity index (χ4v) is 4.28. The molecule has 4 rings (SSSR count). The van der Waals surface area contributed by atoms with Gasteiger partial charge in [-0.15, -0.1) is 0 Å². The average molecular weight is 519 g/mol. The monoisotopic (exact) mass is 518 g/mol. The molecule has 0 radical (unpaired) electrons. The van der Waals surface area contributed by atoms with E-state index in [1.54, 1.807) is 0 Å². The second-order valence-electron chi connectivity index (χ2n) is 9.75. The van der Waals surface area contributed by atoms with E-state index in [9.17, 15) is 0 Å². The van der Waals surface area contributed by atoms with E-state index < -0.39 is 0 Å². The molecule has 0 aliphatic rings. The molecule has 0 N–H and O–H groups in total. The van der Waals surface area contributed by atoms with Crippen molar-refractivity contribution in [3.05, 3.63) is 82.6 Å². The van der Waals surface area contributed by atoms with Gasteiger partial charge in [0.2, 0.25) is 0 Å². The van der Waals surface area contributed by atoms with E-state index in [0.717, 1.165) is 77.6 Å². The maximum Gasteiger partial charge on any atom is 0.134 e. The van der Waals surface area contributed by atoms with Crippen LogP contribution in [0.1, 0.15) is 59.7 Å². The van der Waals surface area contributed by atoms with E-state index in [-0.39, 0.29) is 0 Å². The van der Waals surface area contributed by atoms with Gasteiger partial charge in [0, 0.05) is 24.1 Å². The zero-order chi connectivity index (χ0) is 26.7. The molecule has 0 spiro atoms. The molecule has 2 aromatic heterocycles. The average Bonchev–Trinajstić information content (AvgIpc) is 3.52. The topological polar surface area (TPSA) is 79.8 Å². The number of hydrogen-bond acceptors (Lipinski definition) is 7. The van der Waals surface area contributed by atoms with Crippen LogP contribution in [0.25, 0.3) is 11.1 Å². The highest BCUT2D eigenvalue weighted by Crippen LogP contribution is 2.35. The van der Waals surface area contributed by atoms with E-state index in [4.69, 9.17) is 23.3 Å². The lowest BCUT2D eigenvalue weighted by Crippen LogP contribution is -2.04. The van der Waals surface area contributed by atoms with Crippen LogP contribution in [0.15, 0.2) is 57.6 Å². The summed E-state index contributed by atoms with van der Waals surface area (Å²) in [4.78, 5) is 0. The first-order chi connectivity index (χ1) is 18.5. The molecule has 0 fully saturated rings. The number of unbranched alkanes of at least 4 members (excludes halogenated alkanes) is 2. The molecule has 2 aromatic carbocycles. The van der Waals surface area contributed by atoms with Crippen molar-refractivity contribution in [2.75, 3.05) is 19.8 Å². The number of benzene rings is 2. The second-order valence-corrected chi connectivity index (χ2v) is 9.75. The van der Waals surface area contributed by atoms with Gasteiger partial charge in [-0.05, 0) is 88.8 Å². The van der Waals surface area contributed by atoms with Crippen molar-refractivity contribution in [1.29, 1.82) is 0 Å². The smallest absolute Gasteiger partial charge is 0.134 e. The molecule has 0 atom stereocenters. The van der Waals surface area contributed by atoms with E-state index >= 15 is 0 Å². The summed E-state index contributed by atoms with van der Waals surface area (Å²) in [7, 11) is 0. The maximum absolute atomic E-state index is 6.19. The molecule has 2 heterocycles. The first-order valence-electron chi connectivity index (χ1n) is 13.4. The van der Waals surface area contributed by atoms with Crippen LogP contribution in [0.3, 0.4) is 0 Å². The van der Waals surface area contributed by atoms with E-state index in [0.29, 0.717) is 26.4 Å². The van der Waals surface area contributed by atoms with E-state index in [1.165, 1.54) is 11.1 Å². The van der Waals surface area contributed by atoms with Crippen molar-refractivity contribution >= 4 is 0 Å². The van der Waals surface area contributed by atoms with Crippen molar-refractivity contribution in [2.45, 2.75) is 66.4 Å². The third kappa shape index (κ3) is 8.21. The summed E-state index contributed by atoms with van der Waals surface area (Å²) in [6.07, 6.45) is 4.88. The normalized spacial score (nSPS) is 11.2. The van der Waals surface area contributed by atoms with Crippen LogP contribution in [0.5, 0.6) is 11.5 Å². The van der Waals surface area contributed by atoms with Crippen molar-refractivity contribution in [3.63, 3.8) is 0 Å². The summed E-state index contributed by atoms with van der Waals surface area (Å²) in [5.41, 5.74) is 6.41. The maximum atomic E-state index is 6.19. The minimum Gasteiger partial charge on any atom is -0.494 e. The van der Waals surface area contributed by atoms with Crippen LogP contribution in [-0.2, 0) is 17.8 Å². The molecule has 0 saturated heterocycles. The molecule has 0 amide bonds. The molecule has 0 saturated carbocycles. The second kappa shape index (κ2) is 13.8. The van der Waals surface area contributed by atoms with Gasteiger partial charge in [0.1, 0.15) is 28.7 Å². The molecule has 202 valence electrons. The van der Waals surface area contributed by atoms with Crippen LogP contribution in [0.2, 0.25) is 0 Å². The Kier molecular flexibility index (Phi) is 9.98. The van der Waals surface area contributed by atoms with Crippen LogP contribution in [0, 0.1) is 27.7 Å². The zero-order valence-electron chi connectivity index (χ0n) is 22.9. The lowest BCUT2D eigenvalue weighted by Gasteiger charge is -2.16. The summed E-state index contributed by atoms with van der Waals surface area (Å²) in [5, 5.41) is 8.00. The summed E-state index contributed by atoms with van der Waals surface area (Å²) in [6, 6.07) is 16.5. The molecular weight excluding hydrogens is 480 g/mol. The number of hydrogen-bond donors (Lipinski definition) is 0. The lowest BCUT2D eigenvalue weighted by atomic mass is 9.98. The van der Waals surface area contributed by atoms with Gasteiger partial charge in [0.25, 0.3) is 0 Å². The predicted molar refractivity (Wildman–Crippen MR) is 147 cm³/mol. The van der Waals surface area contributed by atoms with Gasteiger partial charge >= 0.3 is 0 Å². The molecule has 4 aromatic rings. The Morgan fingerprint density at radius 2 is 1.42 bits per heavy atom. The fraction of sp³-hybridized carbons (Fsp3) is 0.419. The van der Waals surface area contributed by atoms with Crippen molar-refractivity contribution in [1.82, 2.24) is 10.3 Å². The molecule has 0 aliphatic carbocycles. The Morgan fingerprint density at radius 3 is 2.18 bits per heavy atom. The molecule has 0 bridgehead atoms. The predicted octanol–water partition coefficient (Wildman–Crippen LogP) is 7.34. The van der Waals surface area contributed by atoms with Gasteiger partial charge in [-0.1, -0.05) is 28.0 Å². The summed E-state index contributed by atoms with van der Waals surface area (Å²) < 4.78 is 28.2. The molecular formula is C31H38N2O5. The highest BCUT2D eigenvalue weighted by molar-refractivity contribution is 5.75. The Labute approximate surface area is 225 Å². The number of ether oxygens (including phenoxy) is 3. The summed E-state index contributed by atoms with van der Waals surface area (Å²) >= 11 is 0. The number of aromatic nitrogens is 2. The van der Waals surface area contributed by atoms with Crippen LogP contribution in [0.4, 0.5) is 0 Å². The standard InChI is InChI=1S/C31H38N2O5/c1-22-10-13-31(36-16-8-14-34-21-27-19-25(4)38-33-27)30(17-22)29-20-28(12-11-23(29)2)35-15-7-5-6-9-26-18-24(3)37-32-26/h10-13,17-20H,5-9,14-16,21H2,1-4H3. The summed E-state index contributed by atoms with van der Waals surface area (Å²) in [6.45, 7) is 10.3. The number of rotatable bonds is 15. The Bertz CT molecular complexity index is 1290. The highest BCUT2D eigenvalue weighted by atomic mass is 16.5.